The van der Waals surface area contributed by atoms with Gasteiger partial charge in [-0.05, 0) is 56.0 Å². The van der Waals surface area contributed by atoms with Gasteiger partial charge in [0, 0.05) is 18.3 Å². The molecule has 0 bridgehead atoms. The lowest BCUT2D eigenvalue weighted by Crippen LogP contribution is -2.44. The van der Waals surface area contributed by atoms with Crippen molar-refractivity contribution in [3.05, 3.63) is 29.8 Å². The number of rotatable bonds is 1. The van der Waals surface area contributed by atoms with Crippen LogP contribution in [0.25, 0.3) is 0 Å². The smallest absolute Gasteiger partial charge is 0.173 e. The van der Waals surface area contributed by atoms with E-state index in [1.165, 1.54) is 56.2 Å². The van der Waals surface area contributed by atoms with Gasteiger partial charge in [0.1, 0.15) is 0 Å². The Morgan fingerprint density at radius 2 is 1.89 bits per heavy atom. The Labute approximate surface area is 121 Å². The molecule has 19 heavy (non-hydrogen) atoms. The number of para-hydroxylation sites is 1. The van der Waals surface area contributed by atoms with E-state index in [9.17, 15) is 0 Å². The first-order valence-corrected chi connectivity index (χ1v) is 7.91. The first kappa shape index (κ1) is 12.9. The Morgan fingerprint density at radius 1 is 1.11 bits per heavy atom. The lowest BCUT2D eigenvalue weighted by molar-refractivity contribution is 0.626. The van der Waals surface area contributed by atoms with Gasteiger partial charge < -0.3 is 10.2 Å². The van der Waals surface area contributed by atoms with Crippen molar-refractivity contribution in [1.82, 2.24) is 5.32 Å². The zero-order chi connectivity index (χ0) is 13.1. The molecule has 0 amide bonds. The highest BCUT2D eigenvalue weighted by Crippen LogP contribution is 2.27. The molecule has 0 unspecified atom stereocenters. The van der Waals surface area contributed by atoms with Gasteiger partial charge in [0.25, 0.3) is 0 Å². The summed E-state index contributed by atoms with van der Waals surface area (Å²) in [6, 6.07) is 9.31. The second kappa shape index (κ2) is 5.91. The molecule has 0 spiro atoms. The lowest BCUT2D eigenvalue weighted by atomic mass is 10.1. The predicted molar refractivity (Wildman–Crippen MR) is 84.7 cm³/mol. The number of benzene rings is 1. The number of hydrogen-bond acceptors (Lipinski definition) is 1. The Morgan fingerprint density at radius 3 is 2.74 bits per heavy atom. The molecule has 2 aliphatic rings. The first-order valence-electron chi connectivity index (χ1n) is 7.50. The molecule has 3 rings (SSSR count). The Kier molecular flexibility index (Phi) is 4.02. The third kappa shape index (κ3) is 2.92. The van der Waals surface area contributed by atoms with Gasteiger partial charge in [-0.25, -0.2) is 0 Å². The van der Waals surface area contributed by atoms with E-state index in [4.69, 9.17) is 12.2 Å². The van der Waals surface area contributed by atoms with Gasteiger partial charge in [-0.3, -0.25) is 0 Å². The van der Waals surface area contributed by atoms with Crippen molar-refractivity contribution in [2.45, 2.75) is 51.0 Å². The van der Waals surface area contributed by atoms with Crippen LogP contribution in [-0.2, 0) is 6.42 Å². The van der Waals surface area contributed by atoms with Crippen molar-refractivity contribution < 1.29 is 0 Å². The fourth-order valence-electron chi connectivity index (χ4n) is 3.23. The van der Waals surface area contributed by atoms with Gasteiger partial charge in [0.2, 0.25) is 0 Å². The van der Waals surface area contributed by atoms with Crippen LogP contribution in [0.3, 0.4) is 0 Å². The third-order valence-corrected chi connectivity index (χ3v) is 4.63. The number of nitrogens with one attached hydrogen (secondary N) is 1. The molecule has 1 aliphatic carbocycles. The molecule has 3 heteroatoms. The van der Waals surface area contributed by atoms with Crippen molar-refractivity contribution in [2.75, 3.05) is 11.4 Å². The van der Waals surface area contributed by atoms with Crippen molar-refractivity contribution in [3.8, 4) is 0 Å². The van der Waals surface area contributed by atoms with E-state index >= 15 is 0 Å². The summed E-state index contributed by atoms with van der Waals surface area (Å²) in [5, 5.41) is 4.51. The SMILES string of the molecule is S=C(NC1CCCC1)N1CCCCc2ccccc21. The molecule has 1 saturated carbocycles. The molecule has 102 valence electrons. The number of anilines is 1. The second-order valence-electron chi connectivity index (χ2n) is 5.67. The number of fused-ring (bicyclic) bond motifs is 1. The minimum Gasteiger partial charge on any atom is -0.360 e. The lowest BCUT2D eigenvalue weighted by Gasteiger charge is -2.28. The van der Waals surface area contributed by atoms with E-state index in [2.05, 4.69) is 34.5 Å². The quantitative estimate of drug-likeness (QED) is 0.787. The van der Waals surface area contributed by atoms with Gasteiger partial charge in [-0.2, -0.15) is 0 Å². The fraction of sp³-hybridized carbons (Fsp3) is 0.562. The zero-order valence-corrected chi connectivity index (χ0v) is 12.2. The van der Waals surface area contributed by atoms with E-state index in [1.54, 1.807) is 0 Å². The maximum Gasteiger partial charge on any atom is 0.173 e. The van der Waals surface area contributed by atoms with Crippen LogP contribution in [0.4, 0.5) is 5.69 Å². The maximum atomic E-state index is 5.66. The highest BCUT2D eigenvalue weighted by atomic mass is 32.1. The summed E-state index contributed by atoms with van der Waals surface area (Å²) in [5.41, 5.74) is 2.76. The summed E-state index contributed by atoms with van der Waals surface area (Å²) in [6.45, 7) is 1.05. The molecule has 0 radical (unpaired) electrons. The van der Waals surface area contributed by atoms with Crippen LogP contribution in [0.2, 0.25) is 0 Å². The van der Waals surface area contributed by atoms with Crippen LogP contribution < -0.4 is 10.2 Å². The summed E-state index contributed by atoms with van der Waals surface area (Å²) in [7, 11) is 0. The average Bonchev–Trinajstić information content (AvgIpc) is 2.83. The largest absolute Gasteiger partial charge is 0.360 e. The molecule has 1 aliphatic heterocycles. The van der Waals surface area contributed by atoms with Crippen LogP contribution in [0, 0.1) is 0 Å². The van der Waals surface area contributed by atoms with Crippen molar-refractivity contribution in [2.24, 2.45) is 0 Å². The normalized spacial score (nSPS) is 19.9. The summed E-state index contributed by atoms with van der Waals surface area (Å²) in [6.07, 6.45) is 8.90. The minimum atomic E-state index is 0.600. The Hall–Kier alpha value is -1.09. The molecule has 0 aromatic heterocycles. The second-order valence-corrected chi connectivity index (χ2v) is 6.06. The minimum absolute atomic E-state index is 0.600. The number of thiocarbonyl (C=S) groups is 1. The number of nitrogens with zero attached hydrogens (tertiary/aromatic N) is 1. The van der Waals surface area contributed by atoms with Crippen LogP contribution in [0.1, 0.15) is 44.1 Å². The van der Waals surface area contributed by atoms with Gasteiger partial charge >= 0.3 is 0 Å². The van der Waals surface area contributed by atoms with Gasteiger partial charge in [0.05, 0.1) is 0 Å². The van der Waals surface area contributed by atoms with Gasteiger partial charge in [0.15, 0.2) is 5.11 Å². The monoisotopic (exact) mass is 274 g/mol. The van der Waals surface area contributed by atoms with Crippen LogP contribution in [-0.4, -0.2) is 17.7 Å². The highest BCUT2D eigenvalue weighted by Gasteiger charge is 2.21. The van der Waals surface area contributed by atoms with Gasteiger partial charge in [-0.15, -0.1) is 0 Å². The van der Waals surface area contributed by atoms with Crippen molar-refractivity contribution >= 4 is 23.0 Å². The first-order chi connectivity index (χ1) is 9.34. The molecule has 1 aromatic rings. The maximum absolute atomic E-state index is 5.66. The zero-order valence-electron chi connectivity index (χ0n) is 11.4. The summed E-state index contributed by atoms with van der Waals surface area (Å²) in [5.74, 6) is 0. The van der Waals surface area contributed by atoms with E-state index in [0.29, 0.717) is 6.04 Å². The number of aryl methyl sites for hydroxylation is 1. The topological polar surface area (TPSA) is 15.3 Å². The van der Waals surface area contributed by atoms with E-state index < -0.39 is 0 Å². The van der Waals surface area contributed by atoms with Gasteiger partial charge in [-0.1, -0.05) is 31.0 Å². The molecule has 1 aromatic carbocycles. The molecule has 0 saturated heterocycles. The van der Waals surface area contributed by atoms with Crippen molar-refractivity contribution in [3.63, 3.8) is 0 Å². The summed E-state index contributed by atoms with van der Waals surface area (Å²) in [4.78, 5) is 2.32. The molecule has 1 heterocycles. The standard InChI is InChI=1S/C16H22N2S/c19-16(17-14-9-2-3-10-14)18-12-6-5-8-13-7-1-4-11-15(13)18/h1,4,7,11,14H,2-3,5-6,8-10,12H2,(H,17,19). The predicted octanol–water partition coefficient (Wildman–Crippen LogP) is 3.65. The fourth-order valence-corrected chi connectivity index (χ4v) is 3.58. The van der Waals surface area contributed by atoms with E-state index in [-0.39, 0.29) is 0 Å². The third-order valence-electron chi connectivity index (χ3n) is 4.29. The van der Waals surface area contributed by atoms with E-state index in [0.717, 1.165) is 11.7 Å². The summed E-state index contributed by atoms with van der Waals surface area (Å²) >= 11 is 5.66. The van der Waals surface area contributed by atoms with E-state index in [1.807, 2.05) is 0 Å². The molecular formula is C16H22N2S. The van der Waals surface area contributed by atoms with Crippen molar-refractivity contribution in [1.29, 1.82) is 0 Å². The summed E-state index contributed by atoms with van der Waals surface area (Å²) < 4.78 is 0. The van der Waals surface area contributed by atoms with Crippen LogP contribution in [0.15, 0.2) is 24.3 Å². The molecule has 2 nitrogen and oxygen atoms in total. The molecule has 0 atom stereocenters. The average molecular weight is 274 g/mol. The van der Waals surface area contributed by atoms with Crippen LogP contribution >= 0.6 is 12.2 Å². The molecule has 1 fully saturated rings. The molecule has 1 N–H and O–H groups in total. The molecular weight excluding hydrogens is 252 g/mol. The highest BCUT2D eigenvalue weighted by molar-refractivity contribution is 7.80. The number of hydrogen-bond donors (Lipinski definition) is 1. The Bertz CT molecular complexity index is 452. The van der Waals surface area contributed by atoms with Crippen LogP contribution in [0.5, 0.6) is 0 Å². The Balaban J connectivity index is 1.77.